The van der Waals surface area contributed by atoms with Crippen molar-refractivity contribution >= 4 is 23.2 Å². The van der Waals surface area contributed by atoms with E-state index < -0.39 is 0 Å². The number of halogens is 2. The van der Waals surface area contributed by atoms with Crippen LogP contribution in [0.2, 0.25) is 10.0 Å². The zero-order valence-electron chi connectivity index (χ0n) is 14.7. The van der Waals surface area contributed by atoms with Crippen LogP contribution in [0.3, 0.4) is 0 Å². The Bertz CT molecular complexity index is 843. The lowest BCUT2D eigenvalue weighted by Crippen LogP contribution is -2.20. The van der Waals surface area contributed by atoms with Crippen LogP contribution < -0.4 is 14.8 Å². The summed E-state index contributed by atoms with van der Waals surface area (Å²) in [5.74, 6) is 1.44. The normalized spacial score (nSPS) is 10.6. The second-order valence-corrected chi connectivity index (χ2v) is 6.71. The van der Waals surface area contributed by atoms with Crippen molar-refractivity contribution in [3.05, 3.63) is 88.0 Å². The van der Waals surface area contributed by atoms with Crippen molar-refractivity contribution < 1.29 is 9.47 Å². The minimum absolute atomic E-state index is 0.401. The Balaban J connectivity index is 1.38. The SMILES string of the molecule is Clc1ccc(COc2ccc(CNCCOc3ccccn3)cc2)c(Cl)c1. The number of nitrogens with one attached hydrogen (secondary N) is 1. The fourth-order valence-corrected chi connectivity index (χ4v) is 2.86. The van der Waals surface area contributed by atoms with Crippen LogP contribution in [0.1, 0.15) is 11.1 Å². The van der Waals surface area contributed by atoms with Gasteiger partial charge in [-0.15, -0.1) is 0 Å². The van der Waals surface area contributed by atoms with Gasteiger partial charge in [-0.3, -0.25) is 0 Å². The first-order valence-corrected chi connectivity index (χ1v) is 9.36. The summed E-state index contributed by atoms with van der Waals surface area (Å²) in [5, 5.41) is 4.56. The van der Waals surface area contributed by atoms with Crippen LogP contribution in [0.5, 0.6) is 11.6 Å². The Morgan fingerprint density at radius 3 is 2.52 bits per heavy atom. The number of nitrogens with zero attached hydrogens (tertiary/aromatic N) is 1. The Labute approximate surface area is 169 Å². The standard InChI is InChI=1S/C21H20Cl2N2O2/c22-18-7-6-17(20(23)13-18)15-27-19-8-4-16(5-9-19)14-24-11-12-26-21-3-1-2-10-25-21/h1-10,13,24H,11-12,14-15H2. The number of pyridine rings is 1. The molecule has 4 nitrogen and oxygen atoms in total. The summed E-state index contributed by atoms with van der Waals surface area (Å²) in [4.78, 5) is 4.11. The highest BCUT2D eigenvalue weighted by Crippen LogP contribution is 2.22. The van der Waals surface area contributed by atoms with Gasteiger partial charge in [0.05, 0.1) is 0 Å². The monoisotopic (exact) mass is 402 g/mol. The van der Waals surface area contributed by atoms with Crippen molar-refractivity contribution in [2.45, 2.75) is 13.2 Å². The van der Waals surface area contributed by atoms with E-state index in [4.69, 9.17) is 32.7 Å². The van der Waals surface area contributed by atoms with E-state index in [0.29, 0.717) is 29.1 Å². The van der Waals surface area contributed by atoms with Gasteiger partial charge >= 0.3 is 0 Å². The van der Waals surface area contributed by atoms with E-state index in [1.165, 1.54) is 5.56 Å². The molecule has 0 spiro atoms. The molecular formula is C21H20Cl2N2O2. The number of ether oxygens (including phenoxy) is 2. The maximum Gasteiger partial charge on any atom is 0.213 e. The molecule has 3 aromatic rings. The van der Waals surface area contributed by atoms with Gasteiger partial charge in [-0.1, -0.05) is 47.5 Å². The summed E-state index contributed by atoms with van der Waals surface area (Å²) in [6.07, 6.45) is 1.72. The molecule has 0 amide bonds. The molecule has 6 heteroatoms. The fourth-order valence-electron chi connectivity index (χ4n) is 2.40. The number of hydrogen-bond acceptors (Lipinski definition) is 4. The molecule has 0 unspecified atom stereocenters. The summed E-state index contributed by atoms with van der Waals surface area (Å²) < 4.78 is 11.3. The molecule has 1 aromatic heterocycles. The first-order valence-electron chi connectivity index (χ1n) is 8.61. The first-order chi connectivity index (χ1) is 13.2. The molecule has 1 heterocycles. The first kappa shape index (κ1) is 19.5. The van der Waals surface area contributed by atoms with E-state index in [-0.39, 0.29) is 0 Å². The Hall–Kier alpha value is -2.27. The molecule has 0 radical (unpaired) electrons. The molecule has 0 bridgehead atoms. The van der Waals surface area contributed by atoms with Gasteiger partial charge in [0.1, 0.15) is 19.0 Å². The number of hydrogen-bond donors (Lipinski definition) is 1. The maximum atomic E-state index is 6.16. The van der Waals surface area contributed by atoms with Crippen molar-refractivity contribution in [3.63, 3.8) is 0 Å². The van der Waals surface area contributed by atoms with E-state index in [9.17, 15) is 0 Å². The molecule has 0 aliphatic carbocycles. The van der Waals surface area contributed by atoms with Crippen molar-refractivity contribution in [3.8, 4) is 11.6 Å². The maximum absolute atomic E-state index is 6.16. The zero-order chi connectivity index (χ0) is 18.9. The zero-order valence-corrected chi connectivity index (χ0v) is 16.2. The number of benzene rings is 2. The fraction of sp³-hybridized carbons (Fsp3) is 0.190. The molecule has 0 saturated carbocycles. The summed E-state index contributed by atoms with van der Waals surface area (Å²) in [6.45, 7) is 2.47. The lowest BCUT2D eigenvalue weighted by Gasteiger charge is -2.10. The third kappa shape index (κ3) is 6.43. The Morgan fingerprint density at radius 2 is 1.78 bits per heavy atom. The third-order valence-corrected chi connectivity index (χ3v) is 4.42. The molecule has 0 atom stereocenters. The molecule has 0 saturated heterocycles. The topological polar surface area (TPSA) is 43.4 Å². The Morgan fingerprint density at radius 1 is 0.926 bits per heavy atom. The smallest absolute Gasteiger partial charge is 0.213 e. The molecule has 3 rings (SSSR count). The van der Waals surface area contributed by atoms with E-state index in [2.05, 4.69) is 10.3 Å². The molecule has 2 aromatic carbocycles. The average molecular weight is 403 g/mol. The summed E-state index contributed by atoms with van der Waals surface area (Å²) in [5.41, 5.74) is 2.07. The van der Waals surface area contributed by atoms with Crippen LogP contribution in [0.4, 0.5) is 0 Å². The van der Waals surface area contributed by atoms with Crippen LogP contribution in [0, 0.1) is 0 Å². The minimum atomic E-state index is 0.401. The van der Waals surface area contributed by atoms with Crippen molar-refractivity contribution in [1.82, 2.24) is 10.3 Å². The summed E-state index contributed by atoms with van der Waals surface area (Å²) in [7, 11) is 0. The molecule has 140 valence electrons. The summed E-state index contributed by atoms with van der Waals surface area (Å²) in [6, 6.07) is 19.0. The average Bonchev–Trinajstić information content (AvgIpc) is 2.69. The summed E-state index contributed by atoms with van der Waals surface area (Å²) >= 11 is 12.1. The third-order valence-electron chi connectivity index (χ3n) is 3.83. The predicted octanol–water partition coefficient (Wildman–Crippen LogP) is 5.14. The van der Waals surface area contributed by atoms with Crippen LogP contribution in [-0.2, 0) is 13.2 Å². The molecule has 1 N–H and O–H groups in total. The van der Waals surface area contributed by atoms with Gasteiger partial charge in [0.25, 0.3) is 0 Å². The Kier molecular flexibility index (Phi) is 7.34. The van der Waals surface area contributed by atoms with Crippen molar-refractivity contribution in [2.75, 3.05) is 13.2 Å². The molecule has 0 fully saturated rings. The highest BCUT2D eigenvalue weighted by atomic mass is 35.5. The van der Waals surface area contributed by atoms with Crippen LogP contribution in [0.25, 0.3) is 0 Å². The molecule has 0 aliphatic heterocycles. The lowest BCUT2D eigenvalue weighted by molar-refractivity contribution is 0.301. The second-order valence-electron chi connectivity index (χ2n) is 5.86. The van der Waals surface area contributed by atoms with Crippen LogP contribution in [0.15, 0.2) is 66.9 Å². The van der Waals surface area contributed by atoms with E-state index in [1.54, 1.807) is 18.3 Å². The second kappa shape index (κ2) is 10.2. The lowest BCUT2D eigenvalue weighted by atomic mass is 10.2. The van der Waals surface area contributed by atoms with Crippen molar-refractivity contribution in [1.29, 1.82) is 0 Å². The van der Waals surface area contributed by atoms with Gasteiger partial charge in [-0.2, -0.15) is 0 Å². The van der Waals surface area contributed by atoms with E-state index in [0.717, 1.165) is 24.4 Å². The van der Waals surface area contributed by atoms with Crippen LogP contribution >= 0.6 is 23.2 Å². The van der Waals surface area contributed by atoms with Gasteiger partial charge < -0.3 is 14.8 Å². The minimum Gasteiger partial charge on any atom is -0.489 e. The van der Waals surface area contributed by atoms with Gasteiger partial charge in [0.15, 0.2) is 0 Å². The molecular weight excluding hydrogens is 383 g/mol. The molecule has 27 heavy (non-hydrogen) atoms. The largest absolute Gasteiger partial charge is 0.489 e. The highest BCUT2D eigenvalue weighted by Gasteiger charge is 2.03. The highest BCUT2D eigenvalue weighted by molar-refractivity contribution is 6.35. The van der Waals surface area contributed by atoms with Crippen molar-refractivity contribution in [2.24, 2.45) is 0 Å². The van der Waals surface area contributed by atoms with Gasteiger partial charge in [-0.25, -0.2) is 4.98 Å². The number of rotatable bonds is 9. The van der Waals surface area contributed by atoms with Crippen LogP contribution in [-0.4, -0.2) is 18.1 Å². The van der Waals surface area contributed by atoms with Gasteiger partial charge in [0, 0.05) is 41.0 Å². The van der Waals surface area contributed by atoms with Gasteiger partial charge in [0.2, 0.25) is 5.88 Å². The van der Waals surface area contributed by atoms with Gasteiger partial charge in [-0.05, 0) is 35.9 Å². The van der Waals surface area contributed by atoms with E-state index >= 15 is 0 Å². The molecule has 0 aliphatic rings. The van der Waals surface area contributed by atoms with E-state index in [1.807, 2.05) is 48.5 Å². The predicted molar refractivity (Wildman–Crippen MR) is 109 cm³/mol. The quantitative estimate of drug-likeness (QED) is 0.503. The number of aromatic nitrogens is 1.